The van der Waals surface area contributed by atoms with Gasteiger partial charge < -0.3 is 9.30 Å². The Morgan fingerprint density at radius 1 is 0.446 bits per heavy atom. The van der Waals surface area contributed by atoms with Gasteiger partial charge in [-0.2, -0.15) is 0 Å². The number of hydrogen-bond donors (Lipinski definition) is 1. The lowest BCUT2D eigenvalue weighted by atomic mass is 9.89. The number of nitrogens with one attached hydrogen (secondary N) is 1. The van der Waals surface area contributed by atoms with E-state index in [0.29, 0.717) is 6.61 Å². The van der Waals surface area contributed by atoms with Gasteiger partial charge in [0.25, 0.3) is 0 Å². The van der Waals surface area contributed by atoms with Crippen LogP contribution in [0, 0.1) is 5.41 Å². The molecule has 0 spiro atoms. The summed E-state index contributed by atoms with van der Waals surface area (Å²) < 4.78 is 8.29. The van der Waals surface area contributed by atoms with E-state index < -0.39 is 0 Å². The Hall–Kier alpha value is -6.97. The number of para-hydroxylation sites is 2. The number of benzene rings is 8. The van der Waals surface area contributed by atoms with Gasteiger partial charge in [0, 0.05) is 22.0 Å². The summed E-state index contributed by atoms with van der Waals surface area (Å²) in [6.45, 7) is 4.58. The third-order valence-corrected chi connectivity index (χ3v) is 10.0. The van der Waals surface area contributed by atoms with E-state index in [9.17, 15) is 0 Å². The highest BCUT2D eigenvalue weighted by Gasteiger charge is 2.16. The normalized spacial score (nSPS) is 10.9. The number of hydrogen-bond acceptors (Lipinski definition) is 2. The van der Waals surface area contributed by atoms with Crippen molar-refractivity contribution in [2.75, 3.05) is 0 Å². The lowest BCUT2D eigenvalue weighted by Gasteiger charge is -2.15. The van der Waals surface area contributed by atoms with Crippen LogP contribution in [0.15, 0.2) is 200 Å². The highest BCUT2D eigenvalue weighted by molar-refractivity contribution is 6.11. The van der Waals surface area contributed by atoms with Crippen molar-refractivity contribution in [1.29, 1.82) is 5.41 Å². The SMILES string of the molecule is CCC.N=C(OCc1ccc(-c2ccccc2-c2ccccc2-c2ccc3c(c2)c2ccccc2n3-c2ccccc2)cc1)c1ccc(-c2ccccc2)cc1. The van der Waals surface area contributed by atoms with Crippen LogP contribution in [0.5, 0.6) is 0 Å². The van der Waals surface area contributed by atoms with Gasteiger partial charge in [0.15, 0.2) is 0 Å². The van der Waals surface area contributed by atoms with Gasteiger partial charge >= 0.3 is 0 Å². The van der Waals surface area contributed by atoms with Gasteiger partial charge in [-0.05, 0) is 92.5 Å². The first kappa shape index (κ1) is 36.0. The highest BCUT2D eigenvalue weighted by Crippen LogP contribution is 2.40. The fraction of sp³-hybridized carbons (Fsp3) is 0.0755. The minimum Gasteiger partial charge on any atom is -0.473 e. The van der Waals surface area contributed by atoms with Crippen LogP contribution in [0.3, 0.4) is 0 Å². The summed E-state index contributed by atoms with van der Waals surface area (Å²) >= 11 is 0. The van der Waals surface area contributed by atoms with Crippen LogP contribution in [0.25, 0.3) is 72.0 Å². The zero-order chi connectivity index (χ0) is 38.3. The lowest BCUT2D eigenvalue weighted by molar-refractivity contribution is 0.291. The van der Waals surface area contributed by atoms with E-state index in [0.717, 1.165) is 33.5 Å². The van der Waals surface area contributed by atoms with Gasteiger partial charge in [-0.1, -0.05) is 178 Å². The van der Waals surface area contributed by atoms with Crippen molar-refractivity contribution >= 4 is 27.7 Å². The Morgan fingerprint density at radius 3 is 1.59 bits per heavy atom. The molecule has 272 valence electrons. The van der Waals surface area contributed by atoms with Crippen molar-refractivity contribution in [2.45, 2.75) is 26.9 Å². The molecule has 0 aliphatic rings. The van der Waals surface area contributed by atoms with Crippen molar-refractivity contribution in [3.05, 3.63) is 211 Å². The van der Waals surface area contributed by atoms with Gasteiger partial charge in [0.05, 0.1) is 11.0 Å². The number of aromatic nitrogens is 1. The molecular formula is C53H44N2O. The molecular weight excluding hydrogens is 681 g/mol. The van der Waals surface area contributed by atoms with Gasteiger partial charge in [-0.3, -0.25) is 5.41 Å². The van der Waals surface area contributed by atoms with Gasteiger partial charge in [0.1, 0.15) is 6.61 Å². The Labute approximate surface area is 329 Å². The minimum atomic E-state index is 0.165. The molecule has 0 saturated heterocycles. The second kappa shape index (κ2) is 16.6. The standard InChI is InChI=1S/C50H36N2O.C3H8/c51-50(39-29-27-37(28-30-39)36-13-3-1-4-14-36)53-34-35-23-25-38(26-24-35)42-17-7-9-19-44(42)45-20-10-8-18-43(45)40-31-32-49-47(33-40)46-21-11-12-22-48(46)52(49)41-15-5-2-6-16-41;1-3-2/h1-33,51H,34H2;3H2,1-2H3. The molecule has 1 aromatic heterocycles. The molecule has 8 aromatic carbocycles. The van der Waals surface area contributed by atoms with Crippen LogP contribution < -0.4 is 0 Å². The van der Waals surface area contributed by atoms with E-state index >= 15 is 0 Å². The van der Waals surface area contributed by atoms with Crippen molar-refractivity contribution in [3.8, 4) is 50.2 Å². The van der Waals surface area contributed by atoms with E-state index in [4.69, 9.17) is 10.1 Å². The van der Waals surface area contributed by atoms with Crippen LogP contribution in [-0.2, 0) is 11.3 Å². The maximum Gasteiger partial charge on any atom is 0.213 e. The average molecular weight is 725 g/mol. The molecule has 0 radical (unpaired) electrons. The van der Waals surface area contributed by atoms with E-state index in [-0.39, 0.29) is 5.90 Å². The van der Waals surface area contributed by atoms with Crippen molar-refractivity contribution in [2.24, 2.45) is 0 Å². The summed E-state index contributed by atoms with van der Waals surface area (Å²) in [6.07, 6.45) is 1.25. The Bertz CT molecular complexity index is 2730. The first-order valence-electron chi connectivity index (χ1n) is 19.4. The number of nitrogens with zero attached hydrogens (tertiary/aromatic N) is 1. The third-order valence-electron chi connectivity index (χ3n) is 10.0. The Balaban J connectivity index is 0.00000143. The van der Waals surface area contributed by atoms with E-state index in [1.807, 2.05) is 42.5 Å². The van der Waals surface area contributed by atoms with Crippen molar-refractivity contribution in [3.63, 3.8) is 0 Å². The smallest absolute Gasteiger partial charge is 0.213 e. The summed E-state index contributed by atoms with van der Waals surface area (Å²) in [5.41, 5.74) is 14.6. The molecule has 1 heterocycles. The highest BCUT2D eigenvalue weighted by atomic mass is 16.5. The number of fused-ring (bicyclic) bond motifs is 3. The fourth-order valence-electron chi connectivity index (χ4n) is 7.40. The molecule has 0 fully saturated rings. The molecule has 9 aromatic rings. The largest absolute Gasteiger partial charge is 0.473 e. The Morgan fingerprint density at radius 2 is 0.929 bits per heavy atom. The predicted molar refractivity (Wildman–Crippen MR) is 237 cm³/mol. The quantitative estimate of drug-likeness (QED) is 0.123. The van der Waals surface area contributed by atoms with Crippen LogP contribution in [0.4, 0.5) is 0 Å². The molecule has 0 atom stereocenters. The molecule has 56 heavy (non-hydrogen) atoms. The van der Waals surface area contributed by atoms with E-state index in [2.05, 4.69) is 176 Å². The van der Waals surface area contributed by atoms with E-state index in [1.165, 1.54) is 56.0 Å². The van der Waals surface area contributed by atoms with Crippen LogP contribution in [0.1, 0.15) is 31.4 Å². The molecule has 3 heteroatoms. The topological polar surface area (TPSA) is 38.0 Å². The second-order valence-electron chi connectivity index (χ2n) is 14.0. The predicted octanol–water partition coefficient (Wildman–Crippen LogP) is 14.4. The number of ether oxygens (including phenoxy) is 1. The molecule has 1 N–H and O–H groups in total. The molecule has 0 saturated carbocycles. The Kier molecular flexibility index (Phi) is 10.7. The molecule has 0 aliphatic carbocycles. The van der Waals surface area contributed by atoms with Gasteiger partial charge in [-0.25, -0.2) is 0 Å². The van der Waals surface area contributed by atoms with Gasteiger partial charge in [0.2, 0.25) is 5.90 Å². The maximum atomic E-state index is 8.55. The summed E-state index contributed by atoms with van der Waals surface area (Å²) in [7, 11) is 0. The number of rotatable bonds is 8. The second-order valence-corrected chi connectivity index (χ2v) is 14.0. The summed E-state index contributed by atoms with van der Waals surface area (Å²) in [5, 5.41) is 11.0. The zero-order valence-electron chi connectivity index (χ0n) is 31.8. The molecule has 9 rings (SSSR count). The monoisotopic (exact) mass is 724 g/mol. The third kappa shape index (κ3) is 7.40. The minimum absolute atomic E-state index is 0.165. The molecule has 0 amide bonds. The molecule has 0 aliphatic heterocycles. The lowest BCUT2D eigenvalue weighted by Crippen LogP contribution is -2.05. The fourth-order valence-corrected chi connectivity index (χ4v) is 7.40. The maximum absolute atomic E-state index is 8.55. The van der Waals surface area contributed by atoms with Crippen LogP contribution in [0.2, 0.25) is 0 Å². The summed E-state index contributed by atoms with van der Waals surface area (Å²) in [5.74, 6) is 0.165. The van der Waals surface area contributed by atoms with Crippen molar-refractivity contribution < 1.29 is 4.74 Å². The zero-order valence-corrected chi connectivity index (χ0v) is 31.8. The molecule has 0 unspecified atom stereocenters. The first-order chi connectivity index (χ1) is 27.6. The molecule has 0 bridgehead atoms. The average Bonchev–Trinajstić information content (AvgIpc) is 3.60. The summed E-state index contributed by atoms with van der Waals surface area (Å²) in [4.78, 5) is 0. The molecule has 3 nitrogen and oxygen atoms in total. The van der Waals surface area contributed by atoms with Gasteiger partial charge in [-0.15, -0.1) is 0 Å². The van der Waals surface area contributed by atoms with Crippen molar-refractivity contribution in [1.82, 2.24) is 4.57 Å². The van der Waals surface area contributed by atoms with Crippen LogP contribution in [-0.4, -0.2) is 10.5 Å². The van der Waals surface area contributed by atoms with Crippen LogP contribution >= 0.6 is 0 Å². The first-order valence-corrected chi connectivity index (χ1v) is 19.4. The van der Waals surface area contributed by atoms with E-state index in [1.54, 1.807) is 0 Å². The summed E-state index contributed by atoms with van der Waals surface area (Å²) in [6, 6.07) is 70.2.